The van der Waals surface area contributed by atoms with Crippen molar-refractivity contribution >= 4 is 0 Å². The predicted molar refractivity (Wildman–Crippen MR) is 55.6 cm³/mol. The van der Waals surface area contributed by atoms with Gasteiger partial charge in [0.15, 0.2) is 0 Å². The molecule has 4 heteroatoms. The van der Waals surface area contributed by atoms with E-state index in [0.29, 0.717) is 6.54 Å². The first kappa shape index (κ1) is 11.0. The Bertz CT molecular complexity index is 315. The van der Waals surface area contributed by atoms with Crippen LogP contribution in [0.15, 0.2) is 0 Å². The van der Waals surface area contributed by atoms with Crippen LogP contribution in [0.3, 0.4) is 0 Å². The molecule has 0 bridgehead atoms. The summed E-state index contributed by atoms with van der Waals surface area (Å²) in [5.74, 6) is 0.981. The second kappa shape index (κ2) is 4.00. The van der Waals surface area contributed by atoms with Gasteiger partial charge in [0.25, 0.3) is 0 Å². The fraction of sp³-hybridized carbons (Fsp3) is 0.700. The van der Waals surface area contributed by atoms with Crippen LogP contribution in [0, 0.1) is 6.92 Å². The molecule has 0 unspecified atom stereocenters. The monoisotopic (exact) mass is 197 g/mol. The number of nitrogens with zero attached hydrogens (tertiary/aromatic N) is 3. The lowest BCUT2D eigenvalue weighted by Gasteiger charge is -2.11. The molecule has 0 saturated heterocycles. The van der Waals surface area contributed by atoms with Gasteiger partial charge in [-0.25, -0.2) is 4.98 Å². The van der Waals surface area contributed by atoms with Crippen LogP contribution in [0.25, 0.3) is 0 Å². The number of rotatable bonds is 3. The number of hydrogen-bond acceptors (Lipinski definition) is 3. The minimum atomic E-state index is 0.245. The number of aromatic nitrogens is 2. The molecule has 1 aromatic rings. The molecule has 1 rings (SSSR count). The first-order valence-corrected chi connectivity index (χ1v) is 4.85. The zero-order chi connectivity index (χ0) is 10.9. The quantitative estimate of drug-likeness (QED) is 0.748. The fourth-order valence-corrected chi connectivity index (χ4v) is 1.43. The molecule has 0 aromatic carbocycles. The summed E-state index contributed by atoms with van der Waals surface area (Å²) in [7, 11) is 3.95. The summed E-state index contributed by atoms with van der Waals surface area (Å²) < 4.78 is 1.22. The van der Waals surface area contributed by atoms with Crippen molar-refractivity contribution in [1.29, 1.82) is 0 Å². The van der Waals surface area contributed by atoms with Crippen LogP contribution < -0.4 is 0 Å². The molecule has 0 aliphatic carbocycles. The Morgan fingerprint density at radius 1 is 1.43 bits per heavy atom. The van der Waals surface area contributed by atoms with Crippen LogP contribution in [-0.2, 0) is 6.54 Å². The fourth-order valence-electron chi connectivity index (χ4n) is 1.43. The van der Waals surface area contributed by atoms with Crippen molar-refractivity contribution in [2.24, 2.45) is 0 Å². The first-order chi connectivity index (χ1) is 6.43. The van der Waals surface area contributed by atoms with Crippen LogP contribution >= 0.6 is 0 Å². The highest BCUT2D eigenvalue weighted by Crippen LogP contribution is 2.17. The van der Waals surface area contributed by atoms with E-state index < -0.39 is 0 Å². The van der Waals surface area contributed by atoms with Crippen molar-refractivity contribution in [2.75, 3.05) is 14.1 Å². The van der Waals surface area contributed by atoms with E-state index in [2.05, 4.69) is 4.98 Å². The van der Waals surface area contributed by atoms with Gasteiger partial charge in [-0.2, -0.15) is 4.73 Å². The molecule has 1 heterocycles. The standard InChI is InChI=1S/C10H19N3O/c1-7(2)10-11-8(3)9(13(10)14)6-12(4)5/h7,14H,6H2,1-5H3. The van der Waals surface area contributed by atoms with E-state index in [-0.39, 0.29) is 5.92 Å². The van der Waals surface area contributed by atoms with Crippen molar-refractivity contribution in [1.82, 2.24) is 14.6 Å². The summed E-state index contributed by atoms with van der Waals surface area (Å²) in [6.07, 6.45) is 0. The molecule has 0 amide bonds. The molecule has 0 aliphatic heterocycles. The zero-order valence-electron chi connectivity index (χ0n) is 9.57. The zero-order valence-corrected chi connectivity index (χ0v) is 9.57. The third-order valence-electron chi connectivity index (χ3n) is 2.15. The Kier molecular flexibility index (Phi) is 3.16. The van der Waals surface area contributed by atoms with Gasteiger partial charge in [-0.15, -0.1) is 0 Å². The van der Waals surface area contributed by atoms with E-state index in [9.17, 15) is 5.21 Å². The molecule has 0 spiro atoms. The van der Waals surface area contributed by atoms with Gasteiger partial charge >= 0.3 is 0 Å². The second-order valence-electron chi connectivity index (χ2n) is 4.21. The Balaban J connectivity index is 3.05. The summed E-state index contributed by atoms with van der Waals surface area (Å²) in [6.45, 7) is 6.68. The highest BCUT2D eigenvalue weighted by atomic mass is 16.5. The van der Waals surface area contributed by atoms with E-state index in [4.69, 9.17) is 0 Å². The predicted octanol–water partition coefficient (Wildman–Crippen LogP) is 1.61. The normalized spacial score (nSPS) is 11.6. The molecule has 0 saturated carbocycles. The third-order valence-corrected chi connectivity index (χ3v) is 2.15. The minimum absolute atomic E-state index is 0.245. The van der Waals surface area contributed by atoms with Crippen molar-refractivity contribution in [2.45, 2.75) is 33.2 Å². The maximum absolute atomic E-state index is 9.86. The smallest absolute Gasteiger partial charge is 0.147 e. The van der Waals surface area contributed by atoms with E-state index in [1.165, 1.54) is 4.73 Å². The Morgan fingerprint density at radius 2 is 2.00 bits per heavy atom. The molecular weight excluding hydrogens is 178 g/mol. The lowest BCUT2D eigenvalue weighted by molar-refractivity contribution is 0.156. The second-order valence-corrected chi connectivity index (χ2v) is 4.21. The van der Waals surface area contributed by atoms with Crippen molar-refractivity contribution in [3.8, 4) is 0 Å². The van der Waals surface area contributed by atoms with E-state index in [0.717, 1.165) is 17.2 Å². The first-order valence-electron chi connectivity index (χ1n) is 4.85. The Hall–Kier alpha value is -1.03. The van der Waals surface area contributed by atoms with Crippen molar-refractivity contribution in [3.05, 3.63) is 17.2 Å². The summed E-state index contributed by atoms with van der Waals surface area (Å²) in [6, 6.07) is 0. The Morgan fingerprint density at radius 3 is 2.36 bits per heavy atom. The largest absolute Gasteiger partial charge is 0.427 e. The van der Waals surface area contributed by atoms with Gasteiger partial charge in [-0.3, -0.25) is 0 Å². The molecule has 0 atom stereocenters. The molecule has 1 N–H and O–H groups in total. The van der Waals surface area contributed by atoms with E-state index >= 15 is 0 Å². The van der Waals surface area contributed by atoms with Gasteiger partial charge in [-0.1, -0.05) is 13.8 Å². The number of hydrogen-bond donors (Lipinski definition) is 1. The lowest BCUT2D eigenvalue weighted by Crippen LogP contribution is -2.15. The van der Waals surface area contributed by atoms with Crippen LogP contribution in [0.4, 0.5) is 0 Å². The van der Waals surface area contributed by atoms with Gasteiger partial charge in [0.05, 0.1) is 11.4 Å². The molecule has 80 valence electrons. The summed E-state index contributed by atoms with van der Waals surface area (Å²) in [5, 5.41) is 9.86. The third kappa shape index (κ3) is 2.07. The maximum Gasteiger partial charge on any atom is 0.147 e. The average Bonchev–Trinajstić information content (AvgIpc) is 2.31. The topological polar surface area (TPSA) is 41.3 Å². The van der Waals surface area contributed by atoms with Crippen molar-refractivity contribution < 1.29 is 5.21 Å². The van der Waals surface area contributed by atoms with Gasteiger partial charge in [0, 0.05) is 12.5 Å². The van der Waals surface area contributed by atoms with E-state index in [1.807, 2.05) is 39.8 Å². The molecule has 4 nitrogen and oxygen atoms in total. The summed E-state index contributed by atoms with van der Waals surface area (Å²) in [4.78, 5) is 6.36. The van der Waals surface area contributed by atoms with Gasteiger partial charge < -0.3 is 10.1 Å². The lowest BCUT2D eigenvalue weighted by atomic mass is 10.2. The molecular formula is C10H19N3O. The number of aryl methyl sites for hydroxylation is 1. The van der Waals surface area contributed by atoms with Gasteiger partial charge in [0.1, 0.15) is 5.82 Å². The van der Waals surface area contributed by atoms with Gasteiger partial charge in [0.2, 0.25) is 0 Å². The molecule has 0 aliphatic rings. The molecule has 0 radical (unpaired) electrons. The molecule has 0 fully saturated rings. The van der Waals surface area contributed by atoms with Crippen LogP contribution in [0.1, 0.15) is 37.0 Å². The Labute approximate surface area is 85.1 Å². The highest BCUT2D eigenvalue weighted by molar-refractivity contribution is 5.16. The SMILES string of the molecule is Cc1nc(C(C)C)n(O)c1CN(C)C. The van der Waals surface area contributed by atoms with E-state index in [1.54, 1.807) is 0 Å². The molecule has 14 heavy (non-hydrogen) atoms. The highest BCUT2D eigenvalue weighted by Gasteiger charge is 2.16. The summed E-state index contributed by atoms with van der Waals surface area (Å²) in [5.41, 5.74) is 1.78. The minimum Gasteiger partial charge on any atom is -0.427 e. The summed E-state index contributed by atoms with van der Waals surface area (Å²) >= 11 is 0. The maximum atomic E-state index is 9.86. The van der Waals surface area contributed by atoms with Crippen LogP contribution in [0.2, 0.25) is 0 Å². The van der Waals surface area contributed by atoms with Crippen LogP contribution in [-0.4, -0.2) is 33.9 Å². The van der Waals surface area contributed by atoms with Crippen LogP contribution in [0.5, 0.6) is 0 Å². The van der Waals surface area contributed by atoms with Gasteiger partial charge in [-0.05, 0) is 21.0 Å². The van der Waals surface area contributed by atoms with Crippen molar-refractivity contribution in [3.63, 3.8) is 0 Å². The molecule has 1 aromatic heterocycles. The average molecular weight is 197 g/mol. The number of imidazole rings is 1.